The Bertz CT molecular complexity index is 621. The zero-order chi connectivity index (χ0) is 13.9. The van der Waals surface area contributed by atoms with Gasteiger partial charge in [-0.15, -0.1) is 11.6 Å². The maximum Gasteiger partial charge on any atom is 0.258 e. The van der Waals surface area contributed by atoms with Gasteiger partial charge in [0.15, 0.2) is 0 Å². The second-order valence-corrected chi connectivity index (χ2v) is 5.29. The van der Waals surface area contributed by atoms with Crippen molar-refractivity contribution in [2.75, 3.05) is 11.4 Å². The van der Waals surface area contributed by atoms with Crippen LogP contribution in [-0.2, 0) is 12.3 Å². The number of fused-ring (bicyclic) bond motifs is 1. The molecule has 1 amide bonds. The summed E-state index contributed by atoms with van der Waals surface area (Å²) in [5.41, 5.74) is 4.05. The van der Waals surface area contributed by atoms with Gasteiger partial charge < -0.3 is 4.90 Å². The van der Waals surface area contributed by atoms with Crippen LogP contribution in [0.1, 0.15) is 27.9 Å². The number of aryl methyl sites for hydroxylation is 1. The number of amides is 1. The Hall–Kier alpha value is -1.80. The van der Waals surface area contributed by atoms with Crippen LogP contribution in [0.5, 0.6) is 0 Å². The summed E-state index contributed by atoms with van der Waals surface area (Å²) in [6.07, 6.45) is 2.06. The predicted molar refractivity (Wildman–Crippen MR) is 82.4 cm³/mol. The van der Waals surface area contributed by atoms with E-state index < -0.39 is 0 Å². The molecule has 2 nitrogen and oxygen atoms in total. The molecule has 2 aromatic rings. The van der Waals surface area contributed by atoms with Gasteiger partial charge in [-0.25, -0.2) is 0 Å². The maximum absolute atomic E-state index is 12.7. The van der Waals surface area contributed by atoms with Crippen molar-refractivity contribution in [3.05, 3.63) is 65.2 Å². The van der Waals surface area contributed by atoms with Crippen molar-refractivity contribution in [3.8, 4) is 0 Å². The Labute approximate surface area is 124 Å². The third-order valence-corrected chi connectivity index (χ3v) is 4.02. The normalized spacial score (nSPS) is 13.9. The fraction of sp³-hybridized carbons (Fsp3) is 0.235. The fourth-order valence-electron chi connectivity index (χ4n) is 2.64. The van der Waals surface area contributed by atoms with Crippen molar-refractivity contribution in [3.63, 3.8) is 0 Å². The van der Waals surface area contributed by atoms with E-state index in [0.717, 1.165) is 36.2 Å². The Morgan fingerprint density at radius 2 is 1.85 bits per heavy atom. The molecule has 1 heterocycles. The van der Waals surface area contributed by atoms with Gasteiger partial charge in [0.25, 0.3) is 5.91 Å². The fourth-order valence-corrected chi connectivity index (χ4v) is 2.81. The number of carbonyl (C=O) groups excluding carboxylic acids is 1. The zero-order valence-electron chi connectivity index (χ0n) is 11.2. The molecule has 0 unspecified atom stereocenters. The van der Waals surface area contributed by atoms with Crippen LogP contribution in [0.4, 0.5) is 5.69 Å². The molecule has 0 fully saturated rings. The van der Waals surface area contributed by atoms with Gasteiger partial charge in [-0.1, -0.05) is 30.3 Å². The van der Waals surface area contributed by atoms with Crippen LogP contribution < -0.4 is 4.90 Å². The number of hydrogen-bond acceptors (Lipinski definition) is 1. The van der Waals surface area contributed by atoms with Crippen molar-refractivity contribution < 1.29 is 4.79 Å². The van der Waals surface area contributed by atoms with E-state index in [1.54, 1.807) is 0 Å². The lowest BCUT2D eigenvalue weighted by molar-refractivity contribution is 0.0985. The first-order valence-electron chi connectivity index (χ1n) is 6.84. The Kier molecular flexibility index (Phi) is 3.75. The Morgan fingerprint density at radius 3 is 2.60 bits per heavy atom. The third-order valence-electron chi connectivity index (χ3n) is 3.71. The summed E-state index contributed by atoms with van der Waals surface area (Å²) in [5, 5.41) is 0. The van der Waals surface area contributed by atoms with Gasteiger partial charge in [0.2, 0.25) is 0 Å². The lowest BCUT2D eigenvalue weighted by Crippen LogP contribution is -2.35. The van der Waals surface area contributed by atoms with Crippen LogP contribution in [0.15, 0.2) is 48.5 Å². The van der Waals surface area contributed by atoms with Gasteiger partial charge in [-0.05, 0) is 42.2 Å². The van der Waals surface area contributed by atoms with Gasteiger partial charge in [0.05, 0.1) is 0 Å². The first kappa shape index (κ1) is 13.2. The number of halogens is 1. The van der Waals surface area contributed by atoms with Gasteiger partial charge in [-0.2, -0.15) is 0 Å². The van der Waals surface area contributed by atoms with Crippen molar-refractivity contribution >= 4 is 23.2 Å². The number of para-hydroxylation sites is 1. The van der Waals surface area contributed by atoms with Gasteiger partial charge in [0, 0.05) is 23.7 Å². The Balaban J connectivity index is 1.91. The molecule has 3 rings (SSSR count). The molecule has 1 aliphatic rings. The van der Waals surface area contributed by atoms with Crippen molar-refractivity contribution in [2.45, 2.75) is 18.7 Å². The number of nitrogens with zero attached hydrogens (tertiary/aromatic N) is 1. The first-order valence-corrected chi connectivity index (χ1v) is 7.38. The highest BCUT2D eigenvalue weighted by molar-refractivity contribution is 6.17. The number of benzene rings is 2. The van der Waals surface area contributed by atoms with Crippen molar-refractivity contribution in [1.29, 1.82) is 0 Å². The average Bonchev–Trinajstić information content (AvgIpc) is 2.54. The number of rotatable bonds is 2. The van der Waals surface area contributed by atoms with Crippen LogP contribution in [0, 0.1) is 0 Å². The molecule has 0 saturated heterocycles. The molecular formula is C17H16ClNO. The smallest absolute Gasteiger partial charge is 0.258 e. The van der Waals surface area contributed by atoms with E-state index >= 15 is 0 Å². The molecule has 0 bridgehead atoms. The summed E-state index contributed by atoms with van der Waals surface area (Å²) in [4.78, 5) is 14.5. The lowest BCUT2D eigenvalue weighted by Gasteiger charge is -2.29. The standard InChI is InChI=1S/C17H16ClNO/c18-12-13-7-9-15(10-8-13)17(20)19-11-3-5-14-4-1-2-6-16(14)19/h1-2,4,6-10H,3,5,11-12H2. The molecule has 0 spiro atoms. The minimum absolute atomic E-state index is 0.0678. The highest BCUT2D eigenvalue weighted by Gasteiger charge is 2.22. The second-order valence-electron chi connectivity index (χ2n) is 5.02. The van der Waals surface area contributed by atoms with Crippen molar-refractivity contribution in [2.24, 2.45) is 0 Å². The highest BCUT2D eigenvalue weighted by Crippen LogP contribution is 2.28. The van der Waals surface area contributed by atoms with Gasteiger partial charge in [-0.3, -0.25) is 4.79 Å². The molecule has 0 aliphatic carbocycles. The molecule has 0 radical (unpaired) electrons. The molecule has 0 N–H and O–H groups in total. The molecule has 20 heavy (non-hydrogen) atoms. The summed E-state index contributed by atoms with van der Waals surface area (Å²) in [6, 6.07) is 15.7. The summed E-state index contributed by atoms with van der Waals surface area (Å²) in [6.45, 7) is 0.785. The van der Waals surface area contributed by atoms with E-state index in [0.29, 0.717) is 5.88 Å². The molecule has 0 aromatic heterocycles. The van der Waals surface area contributed by atoms with E-state index in [2.05, 4.69) is 6.07 Å². The van der Waals surface area contributed by atoms with Crippen LogP contribution >= 0.6 is 11.6 Å². The zero-order valence-corrected chi connectivity index (χ0v) is 11.9. The number of alkyl halides is 1. The predicted octanol–water partition coefficient (Wildman–Crippen LogP) is 4.02. The lowest BCUT2D eigenvalue weighted by atomic mass is 10.0. The second kappa shape index (κ2) is 5.68. The molecule has 2 aromatic carbocycles. The summed E-state index contributed by atoms with van der Waals surface area (Å²) in [5.74, 6) is 0.541. The molecule has 0 atom stereocenters. The molecule has 3 heteroatoms. The summed E-state index contributed by atoms with van der Waals surface area (Å²) < 4.78 is 0. The Morgan fingerprint density at radius 1 is 1.10 bits per heavy atom. The van der Waals surface area contributed by atoms with E-state index in [9.17, 15) is 4.79 Å². The molecule has 1 aliphatic heterocycles. The van der Waals surface area contributed by atoms with Crippen LogP contribution in [0.25, 0.3) is 0 Å². The van der Waals surface area contributed by atoms with Crippen LogP contribution in [0.2, 0.25) is 0 Å². The first-order chi connectivity index (χ1) is 9.79. The van der Waals surface area contributed by atoms with E-state index in [1.165, 1.54) is 5.56 Å². The topological polar surface area (TPSA) is 20.3 Å². The van der Waals surface area contributed by atoms with Gasteiger partial charge >= 0.3 is 0 Å². The SMILES string of the molecule is O=C(c1ccc(CCl)cc1)N1CCCc2ccccc21. The largest absolute Gasteiger partial charge is 0.308 e. The molecule has 0 saturated carbocycles. The van der Waals surface area contributed by atoms with Gasteiger partial charge in [0.1, 0.15) is 0 Å². The minimum atomic E-state index is 0.0678. The van der Waals surface area contributed by atoms with E-state index in [4.69, 9.17) is 11.6 Å². The van der Waals surface area contributed by atoms with Crippen LogP contribution in [-0.4, -0.2) is 12.5 Å². The quantitative estimate of drug-likeness (QED) is 0.763. The third kappa shape index (κ3) is 2.44. The summed E-state index contributed by atoms with van der Waals surface area (Å²) >= 11 is 5.78. The number of anilines is 1. The summed E-state index contributed by atoms with van der Waals surface area (Å²) in [7, 11) is 0. The highest BCUT2D eigenvalue weighted by atomic mass is 35.5. The van der Waals surface area contributed by atoms with E-state index in [1.807, 2.05) is 47.4 Å². The molecular weight excluding hydrogens is 270 g/mol. The monoisotopic (exact) mass is 285 g/mol. The maximum atomic E-state index is 12.7. The minimum Gasteiger partial charge on any atom is -0.308 e. The van der Waals surface area contributed by atoms with Crippen molar-refractivity contribution in [1.82, 2.24) is 0 Å². The average molecular weight is 286 g/mol. The van der Waals surface area contributed by atoms with E-state index in [-0.39, 0.29) is 5.91 Å². The van der Waals surface area contributed by atoms with Crippen LogP contribution in [0.3, 0.4) is 0 Å². The molecule has 102 valence electrons. The number of hydrogen-bond donors (Lipinski definition) is 0. The number of carbonyl (C=O) groups is 1.